The van der Waals surface area contributed by atoms with Crippen molar-refractivity contribution in [2.45, 2.75) is 13.0 Å². The topological polar surface area (TPSA) is 110 Å². The maximum atomic E-state index is 13.2. The molecule has 146 valence electrons. The highest BCUT2D eigenvalue weighted by Gasteiger charge is 2.15. The maximum Gasteiger partial charge on any atom is 0.253 e. The number of imidazole rings is 1. The van der Waals surface area contributed by atoms with Gasteiger partial charge >= 0.3 is 0 Å². The number of H-pyrrole nitrogens is 1. The molecule has 4 N–H and O–H groups in total. The number of halogens is 1. The minimum atomic E-state index is -0.323. The summed E-state index contributed by atoms with van der Waals surface area (Å²) < 4.78 is 13.2. The quantitative estimate of drug-likeness (QED) is 0.469. The number of hydrogen-bond acceptors (Lipinski definition) is 5. The summed E-state index contributed by atoms with van der Waals surface area (Å²) in [6.45, 7) is 0.844. The van der Waals surface area contributed by atoms with Crippen molar-refractivity contribution >= 4 is 17.1 Å². The fourth-order valence-electron chi connectivity index (χ4n) is 3.05. The third kappa shape index (κ3) is 4.12. The molecule has 1 amide bonds. The Morgan fingerprint density at radius 3 is 2.69 bits per heavy atom. The van der Waals surface area contributed by atoms with E-state index in [2.05, 4.69) is 25.3 Å². The lowest BCUT2D eigenvalue weighted by Gasteiger charge is -2.06. The second-order valence-corrected chi connectivity index (χ2v) is 6.51. The molecule has 0 fully saturated rings. The number of benzene rings is 1. The average Bonchev–Trinajstić information content (AvgIpc) is 3.18. The fourth-order valence-corrected chi connectivity index (χ4v) is 3.05. The smallest absolute Gasteiger partial charge is 0.253 e. The Hall–Kier alpha value is -3.65. The number of hydrogen-bond donors (Lipinski definition) is 3. The fraction of sp³-hybridized carbons (Fsp3) is 0.143. The Balaban J connectivity index is 1.50. The summed E-state index contributed by atoms with van der Waals surface area (Å²) in [5.74, 6) is -0.0302. The highest BCUT2D eigenvalue weighted by Crippen LogP contribution is 2.21. The van der Waals surface area contributed by atoms with Crippen molar-refractivity contribution in [3.05, 3.63) is 77.5 Å². The van der Waals surface area contributed by atoms with Gasteiger partial charge in [0.1, 0.15) is 17.2 Å². The number of amides is 1. The van der Waals surface area contributed by atoms with Crippen LogP contribution >= 0.6 is 0 Å². The van der Waals surface area contributed by atoms with Crippen molar-refractivity contribution in [3.63, 3.8) is 0 Å². The summed E-state index contributed by atoms with van der Waals surface area (Å²) in [4.78, 5) is 28.7. The molecule has 0 unspecified atom stereocenters. The zero-order chi connectivity index (χ0) is 20.2. The number of fused-ring (bicyclic) bond motifs is 1. The highest BCUT2D eigenvalue weighted by molar-refractivity contribution is 6.04. The molecule has 4 aromatic rings. The molecule has 0 bridgehead atoms. The number of pyridine rings is 2. The van der Waals surface area contributed by atoms with Crippen molar-refractivity contribution in [1.82, 2.24) is 25.3 Å². The minimum absolute atomic E-state index is 0.234. The van der Waals surface area contributed by atoms with Gasteiger partial charge in [0, 0.05) is 31.0 Å². The van der Waals surface area contributed by atoms with Crippen LogP contribution in [0.2, 0.25) is 0 Å². The summed E-state index contributed by atoms with van der Waals surface area (Å²) in [5.41, 5.74) is 9.59. The Labute approximate surface area is 166 Å². The first kappa shape index (κ1) is 18.7. The van der Waals surface area contributed by atoms with Crippen LogP contribution < -0.4 is 11.1 Å². The van der Waals surface area contributed by atoms with Gasteiger partial charge in [-0.1, -0.05) is 0 Å². The van der Waals surface area contributed by atoms with E-state index in [1.54, 1.807) is 30.6 Å². The van der Waals surface area contributed by atoms with E-state index in [0.29, 0.717) is 47.6 Å². The second kappa shape index (κ2) is 8.15. The van der Waals surface area contributed by atoms with Crippen LogP contribution in [-0.2, 0) is 13.0 Å². The summed E-state index contributed by atoms with van der Waals surface area (Å²) in [5, 5.41) is 2.91. The average molecular weight is 390 g/mol. The molecule has 3 heterocycles. The lowest BCUT2D eigenvalue weighted by molar-refractivity contribution is 0.0955. The number of nitrogens with zero attached hydrogens (tertiary/aromatic N) is 3. The molecule has 0 spiro atoms. The van der Waals surface area contributed by atoms with Crippen LogP contribution in [0.3, 0.4) is 0 Å². The molecular weight excluding hydrogens is 371 g/mol. The van der Waals surface area contributed by atoms with Gasteiger partial charge < -0.3 is 16.0 Å². The van der Waals surface area contributed by atoms with Crippen LogP contribution in [0.4, 0.5) is 4.39 Å². The van der Waals surface area contributed by atoms with Crippen molar-refractivity contribution in [2.24, 2.45) is 5.73 Å². The van der Waals surface area contributed by atoms with Crippen LogP contribution in [0.1, 0.15) is 21.6 Å². The van der Waals surface area contributed by atoms with Gasteiger partial charge in [0.15, 0.2) is 5.65 Å². The lowest BCUT2D eigenvalue weighted by atomic mass is 10.1. The van der Waals surface area contributed by atoms with E-state index >= 15 is 0 Å². The Bertz CT molecular complexity index is 1160. The van der Waals surface area contributed by atoms with Gasteiger partial charge in [-0.05, 0) is 54.4 Å². The largest absolute Gasteiger partial charge is 0.352 e. The van der Waals surface area contributed by atoms with Gasteiger partial charge in [-0.3, -0.25) is 9.78 Å². The lowest BCUT2D eigenvalue weighted by Crippen LogP contribution is -2.26. The van der Waals surface area contributed by atoms with Crippen LogP contribution in [0.5, 0.6) is 0 Å². The monoisotopic (exact) mass is 390 g/mol. The van der Waals surface area contributed by atoms with Crippen LogP contribution in [-0.4, -0.2) is 32.4 Å². The Morgan fingerprint density at radius 2 is 1.90 bits per heavy atom. The molecule has 1 aromatic carbocycles. The SMILES string of the molecule is NCc1cc(CCNC(=O)c2ccnc3[nH]c(-c4ccc(F)cc4)nc23)ccn1. The predicted octanol–water partition coefficient (Wildman–Crippen LogP) is 2.59. The third-order valence-electron chi connectivity index (χ3n) is 4.54. The first-order valence-corrected chi connectivity index (χ1v) is 9.17. The highest BCUT2D eigenvalue weighted by atomic mass is 19.1. The molecule has 0 aliphatic heterocycles. The first-order valence-electron chi connectivity index (χ1n) is 9.17. The predicted molar refractivity (Wildman–Crippen MR) is 107 cm³/mol. The van der Waals surface area contributed by atoms with E-state index in [1.165, 1.54) is 12.1 Å². The number of nitrogens with two attached hydrogens (primary N) is 1. The Morgan fingerprint density at radius 1 is 1.10 bits per heavy atom. The number of aromatic nitrogens is 4. The van der Waals surface area contributed by atoms with E-state index < -0.39 is 0 Å². The summed E-state index contributed by atoms with van der Waals surface area (Å²) in [6.07, 6.45) is 3.93. The van der Waals surface area contributed by atoms with Crippen LogP contribution in [0, 0.1) is 5.82 Å². The van der Waals surface area contributed by atoms with Gasteiger partial charge in [0.25, 0.3) is 5.91 Å². The number of nitrogens with one attached hydrogen (secondary N) is 2. The van der Waals surface area contributed by atoms with Crippen molar-refractivity contribution < 1.29 is 9.18 Å². The van der Waals surface area contributed by atoms with Crippen molar-refractivity contribution in [1.29, 1.82) is 0 Å². The number of carbonyl (C=O) groups excluding carboxylic acids is 1. The van der Waals surface area contributed by atoms with Gasteiger partial charge in [-0.25, -0.2) is 14.4 Å². The Kier molecular flexibility index (Phi) is 5.26. The second-order valence-electron chi connectivity index (χ2n) is 6.51. The maximum absolute atomic E-state index is 13.2. The van der Waals surface area contributed by atoms with Crippen LogP contribution in [0.15, 0.2) is 54.9 Å². The third-order valence-corrected chi connectivity index (χ3v) is 4.54. The summed E-state index contributed by atoms with van der Waals surface area (Å²) >= 11 is 0. The van der Waals surface area contributed by atoms with Gasteiger partial charge in [-0.2, -0.15) is 0 Å². The number of aromatic amines is 1. The standard InChI is InChI=1S/C21H19FN6O/c22-15-3-1-14(2-4-15)19-27-18-17(7-10-25-20(18)28-19)21(29)26-9-6-13-5-8-24-16(11-13)12-23/h1-5,7-8,10-11H,6,9,12,23H2,(H,26,29)(H,25,27,28). The zero-order valence-electron chi connectivity index (χ0n) is 15.5. The first-order chi connectivity index (χ1) is 14.1. The van der Waals surface area contributed by atoms with E-state index in [-0.39, 0.29) is 11.7 Å². The van der Waals surface area contributed by atoms with Gasteiger partial charge in [-0.15, -0.1) is 0 Å². The van der Waals surface area contributed by atoms with Crippen LogP contribution in [0.25, 0.3) is 22.6 Å². The number of carbonyl (C=O) groups is 1. The molecule has 8 heteroatoms. The molecule has 0 atom stereocenters. The molecular formula is C21H19FN6O. The molecule has 4 rings (SSSR count). The normalized spacial score (nSPS) is 11.0. The minimum Gasteiger partial charge on any atom is -0.352 e. The zero-order valence-corrected chi connectivity index (χ0v) is 15.5. The summed E-state index contributed by atoms with van der Waals surface area (Å²) in [7, 11) is 0. The molecule has 3 aromatic heterocycles. The molecule has 0 aliphatic rings. The van der Waals surface area contributed by atoms with Gasteiger partial charge in [0.2, 0.25) is 0 Å². The van der Waals surface area contributed by atoms with Gasteiger partial charge in [0.05, 0.1) is 11.3 Å². The molecule has 7 nitrogen and oxygen atoms in total. The number of rotatable bonds is 6. The summed E-state index contributed by atoms with van der Waals surface area (Å²) in [6, 6.07) is 11.4. The molecule has 0 radical (unpaired) electrons. The van der Waals surface area contributed by atoms with E-state index in [0.717, 1.165) is 11.3 Å². The molecule has 0 saturated heterocycles. The van der Waals surface area contributed by atoms with Crippen molar-refractivity contribution in [3.8, 4) is 11.4 Å². The van der Waals surface area contributed by atoms with E-state index in [1.807, 2.05) is 12.1 Å². The molecule has 0 aliphatic carbocycles. The molecule has 29 heavy (non-hydrogen) atoms. The van der Waals surface area contributed by atoms with Crippen molar-refractivity contribution in [2.75, 3.05) is 6.54 Å². The molecule has 0 saturated carbocycles. The van der Waals surface area contributed by atoms with E-state index in [9.17, 15) is 9.18 Å². The van der Waals surface area contributed by atoms with E-state index in [4.69, 9.17) is 5.73 Å².